The summed E-state index contributed by atoms with van der Waals surface area (Å²) in [4.78, 5) is 4.73. The average molecular weight is 393 g/mol. The summed E-state index contributed by atoms with van der Waals surface area (Å²) in [5.74, 6) is 1.09. The van der Waals surface area contributed by atoms with Gasteiger partial charge >= 0.3 is 0 Å². The first-order chi connectivity index (χ1) is 12.6. The van der Waals surface area contributed by atoms with Crippen LogP contribution in [0.2, 0.25) is 10.0 Å². The molecule has 0 spiro atoms. The lowest BCUT2D eigenvalue weighted by Crippen LogP contribution is -2.54. The number of benzene rings is 2. The van der Waals surface area contributed by atoms with Crippen molar-refractivity contribution in [2.75, 3.05) is 18.1 Å². The third kappa shape index (κ3) is 2.94. The van der Waals surface area contributed by atoms with Gasteiger partial charge < -0.3 is 19.5 Å². The summed E-state index contributed by atoms with van der Waals surface area (Å²) < 4.78 is 11.5. The molecule has 2 aromatic carbocycles. The molecule has 9 heteroatoms. The molecule has 1 N–H and O–H groups in total. The lowest BCUT2D eigenvalue weighted by molar-refractivity contribution is -0.0193. The lowest BCUT2D eigenvalue weighted by Gasteiger charge is -2.43. The fourth-order valence-electron chi connectivity index (χ4n) is 3.30. The molecule has 0 radical (unpaired) electrons. The fourth-order valence-corrected chi connectivity index (χ4v) is 3.63. The van der Waals surface area contributed by atoms with Gasteiger partial charge in [0.2, 0.25) is 0 Å². The van der Waals surface area contributed by atoms with Gasteiger partial charge in [0.1, 0.15) is 0 Å². The Balaban J connectivity index is 1.83. The van der Waals surface area contributed by atoms with Crippen molar-refractivity contribution in [2.45, 2.75) is 18.2 Å². The molecule has 134 valence electrons. The molecule has 0 aromatic heterocycles. The van der Waals surface area contributed by atoms with E-state index in [1.807, 2.05) is 17.0 Å². The summed E-state index contributed by atoms with van der Waals surface area (Å²) in [5.41, 5.74) is 10.2. The maximum atomic E-state index is 10.8. The summed E-state index contributed by atoms with van der Waals surface area (Å²) in [6.07, 6.45) is -0.912. The number of aliphatic hydroxyl groups excluding tert-OH is 1. The quantitative estimate of drug-likeness (QED) is 0.456. The smallest absolute Gasteiger partial charge is 0.152 e. The van der Waals surface area contributed by atoms with Crippen LogP contribution in [0.4, 0.5) is 11.4 Å². The van der Waals surface area contributed by atoms with Crippen molar-refractivity contribution >= 4 is 34.6 Å². The van der Waals surface area contributed by atoms with Crippen LogP contribution in [0.3, 0.4) is 0 Å². The summed E-state index contributed by atoms with van der Waals surface area (Å²) in [6.45, 7) is 0.440. The maximum absolute atomic E-state index is 10.8. The monoisotopic (exact) mass is 392 g/mol. The molecule has 2 heterocycles. The number of nitrogens with zero attached hydrogens (tertiary/aromatic N) is 4. The van der Waals surface area contributed by atoms with Gasteiger partial charge in [-0.1, -0.05) is 28.3 Å². The number of azide groups is 1. The van der Waals surface area contributed by atoms with Crippen LogP contribution < -0.4 is 9.64 Å². The third-order valence-electron chi connectivity index (χ3n) is 4.48. The van der Waals surface area contributed by atoms with Crippen LogP contribution in [0.5, 0.6) is 11.5 Å². The Kier molecular flexibility index (Phi) is 4.56. The van der Waals surface area contributed by atoms with Crippen molar-refractivity contribution < 1.29 is 14.6 Å². The van der Waals surface area contributed by atoms with E-state index in [4.69, 9.17) is 38.2 Å². The minimum absolute atomic E-state index is 0.174. The molecule has 7 nitrogen and oxygen atoms in total. The SMILES string of the molecule is [N-]=[N+]=N[C@@H]1COC[C@H](N2c3ccc(Cl)cc3Oc3cc(Cl)ccc32)[C@H]1O. The van der Waals surface area contributed by atoms with Crippen LogP contribution in [0.1, 0.15) is 0 Å². The fraction of sp³-hybridized carbons (Fsp3) is 0.294. The Bertz CT molecular complexity index is 852. The molecule has 26 heavy (non-hydrogen) atoms. The largest absolute Gasteiger partial charge is 0.453 e. The van der Waals surface area contributed by atoms with Gasteiger partial charge in [0.25, 0.3) is 0 Å². The number of hydrogen-bond donors (Lipinski definition) is 1. The van der Waals surface area contributed by atoms with Gasteiger partial charge in [0, 0.05) is 27.1 Å². The maximum Gasteiger partial charge on any atom is 0.152 e. The molecular formula is C17H14Cl2N4O3. The van der Waals surface area contributed by atoms with Crippen molar-refractivity contribution in [3.8, 4) is 11.5 Å². The first-order valence-electron chi connectivity index (χ1n) is 7.94. The number of anilines is 2. The van der Waals surface area contributed by atoms with Crippen LogP contribution in [-0.2, 0) is 4.74 Å². The summed E-state index contributed by atoms with van der Waals surface area (Å²) >= 11 is 12.2. The van der Waals surface area contributed by atoms with E-state index in [-0.39, 0.29) is 13.2 Å². The van der Waals surface area contributed by atoms with Crippen molar-refractivity contribution in [2.24, 2.45) is 5.11 Å². The van der Waals surface area contributed by atoms with Crippen LogP contribution in [-0.4, -0.2) is 36.5 Å². The van der Waals surface area contributed by atoms with Crippen LogP contribution in [0.15, 0.2) is 41.5 Å². The van der Waals surface area contributed by atoms with Crippen LogP contribution >= 0.6 is 23.2 Å². The summed E-state index contributed by atoms with van der Waals surface area (Å²) in [6, 6.07) is 9.40. The van der Waals surface area contributed by atoms with Crippen molar-refractivity contribution in [1.29, 1.82) is 0 Å². The zero-order valence-corrected chi connectivity index (χ0v) is 14.9. The number of halogens is 2. The molecule has 0 saturated carbocycles. The Hall–Kier alpha value is -2.15. The number of aliphatic hydroxyl groups is 1. The number of ether oxygens (including phenoxy) is 2. The van der Waals surface area contributed by atoms with Gasteiger partial charge in [0.05, 0.1) is 42.8 Å². The van der Waals surface area contributed by atoms with E-state index in [0.717, 1.165) is 11.4 Å². The Morgan fingerprint density at radius 1 is 1.08 bits per heavy atom. The molecule has 3 atom stereocenters. The molecule has 2 aromatic rings. The van der Waals surface area contributed by atoms with Crippen molar-refractivity contribution in [3.05, 3.63) is 56.9 Å². The molecule has 2 aliphatic rings. The zero-order chi connectivity index (χ0) is 18.3. The summed E-state index contributed by atoms with van der Waals surface area (Å²) in [5, 5.41) is 15.5. The predicted octanol–water partition coefficient (Wildman–Crippen LogP) is 4.68. The number of rotatable bonds is 2. The Labute approximate surface area is 159 Å². The van der Waals surface area contributed by atoms with Gasteiger partial charge in [-0.3, -0.25) is 0 Å². The molecule has 0 amide bonds. The van der Waals surface area contributed by atoms with E-state index in [2.05, 4.69) is 10.0 Å². The van der Waals surface area contributed by atoms with Gasteiger partial charge in [0.15, 0.2) is 11.5 Å². The highest BCUT2D eigenvalue weighted by atomic mass is 35.5. The van der Waals surface area contributed by atoms with Crippen LogP contribution in [0.25, 0.3) is 10.4 Å². The van der Waals surface area contributed by atoms with Crippen molar-refractivity contribution in [3.63, 3.8) is 0 Å². The number of hydrogen-bond acceptors (Lipinski definition) is 5. The summed E-state index contributed by atoms with van der Waals surface area (Å²) in [7, 11) is 0. The van der Waals surface area contributed by atoms with Gasteiger partial charge in [-0.05, 0) is 29.8 Å². The molecule has 1 fully saturated rings. The van der Waals surface area contributed by atoms with E-state index in [1.54, 1.807) is 24.3 Å². The second-order valence-electron chi connectivity index (χ2n) is 6.06. The average Bonchev–Trinajstić information content (AvgIpc) is 2.62. The van der Waals surface area contributed by atoms with E-state index < -0.39 is 18.2 Å². The van der Waals surface area contributed by atoms with E-state index in [9.17, 15) is 5.11 Å². The molecule has 0 aliphatic carbocycles. The minimum Gasteiger partial charge on any atom is -0.453 e. The Morgan fingerprint density at radius 3 is 2.27 bits per heavy atom. The van der Waals surface area contributed by atoms with Gasteiger partial charge in [-0.15, -0.1) is 0 Å². The number of fused-ring (bicyclic) bond motifs is 2. The second-order valence-corrected chi connectivity index (χ2v) is 6.94. The first kappa shape index (κ1) is 17.3. The zero-order valence-electron chi connectivity index (χ0n) is 13.4. The molecule has 1 saturated heterocycles. The normalized spacial score (nSPS) is 24.1. The van der Waals surface area contributed by atoms with E-state index in [0.29, 0.717) is 21.5 Å². The second kappa shape index (κ2) is 6.87. The van der Waals surface area contributed by atoms with Gasteiger partial charge in [-0.2, -0.15) is 0 Å². The first-order valence-corrected chi connectivity index (χ1v) is 8.70. The standard InChI is InChI=1S/C17H14Cl2N4O3/c18-9-1-3-12-15(5-9)26-16-6-10(19)2-4-13(16)23(12)14-8-25-7-11(17(14)24)21-22-20/h1-6,11,14,17,24H,7-8H2/t11-,14+,17+/m1/s1. The molecule has 2 aliphatic heterocycles. The molecule has 0 bridgehead atoms. The van der Waals surface area contributed by atoms with E-state index in [1.165, 1.54) is 0 Å². The molecular weight excluding hydrogens is 379 g/mol. The van der Waals surface area contributed by atoms with E-state index >= 15 is 0 Å². The highest BCUT2D eigenvalue weighted by Gasteiger charge is 2.40. The predicted molar refractivity (Wildman–Crippen MR) is 98.7 cm³/mol. The minimum atomic E-state index is -0.912. The Morgan fingerprint density at radius 2 is 1.69 bits per heavy atom. The van der Waals surface area contributed by atoms with Gasteiger partial charge in [-0.25, -0.2) is 0 Å². The highest BCUT2D eigenvalue weighted by Crippen LogP contribution is 2.50. The van der Waals surface area contributed by atoms with Crippen molar-refractivity contribution in [1.82, 2.24) is 0 Å². The van der Waals surface area contributed by atoms with Crippen LogP contribution in [0, 0.1) is 0 Å². The topological polar surface area (TPSA) is 90.7 Å². The lowest BCUT2D eigenvalue weighted by atomic mass is 9.98. The molecule has 0 unspecified atom stereocenters. The highest BCUT2D eigenvalue weighted by molar-refractivity contribution is 6.31. The third-order valence-corrected chi connectivity index (χ3v) is 4.95. The molecule has 4 rings (SSSR count).